The van der Waals surface area contributed by atoms with E-state index in [9.17, 15) is 14.0 Å². The third-order valence-electron chi connectivity index (χ3n) is 2.04. The average Bonchev–Trinajstić information content (AvgIpc) is 2.23. The molecule has 0 unspecified atom stereocenters. The first-order chi connectivity index (χ1) is 7.99. The second-order valence-corrected chi connectivity index (χ2v) is 3.46. The molecule has 5 nitrogen and oxygen atoms in total. The second-order valence-electron chi connectivity index (χ2n) is 3.46. The topological polar surface area (TPSA) is 86.6 Å². The average molecular weight is 241 g/mol. The molecule has 0 bridgehead atoms. The van der Waals surface area contributed by atoms with Gasteiger partial charge in [0.2, 0.25) is 0 Å². The highest BCUT2D eigenvalue weighted by atomic mass is 19.1. The fourth-order valence-electron chi connectivity index (χ4n) is 1.29. The summed E-state index contributed by atoms with van der Waals surface area (Å²) < 4.78 is 13.0. The summed E-state index contributed by atoms with van der Waals surface area (Å²) in [6.45, 7) is 0.342. The third kappa shape index (κ3) is 4.50. The van der Waals surface area contributed by atoms with Crippen LogP contribution < -0.4 is 5.32 Å². The van der Waals surface area contributed by atoms with Crippen molar-refractivity contribution in [3.8, 4) is 0 Å². The smallest absolute Gasteiger partial charge is 0.335 e. The molecule has 17 heavy (non-hydrogen) atoms. The van der Waals surface area contributed by atoms with Crippen LogP contribution in [0.4, 0.5) is 10.1 Å². The highest BCUT2D eigenvalue weighted by molar-refractivity contribution is 5.88. The van der Waals surface area contributed by atoms with Crippen LogP contribution >= 0.6 is 0 Å². The number of hydrogen-bond donors (Lipinski definition) is 3. The number of aromatic carboxylic acids is 1. The Labute approximate surface area is 96.9 Å². The molecule has 0 atom stereocenters. The third-order valence-corrected chi connectivity index (χ3v) is 2.04. The molecule has 0 aliphatic carbocycles. The molecule has 6 heteroatoms. The molecule has 0 aliphatic rings. The highest BCUT2D eigenvalue weighted by Gasteiger charge is 2.06. The minimum absolute atomic E-state index is 0.00804. The zero-order valence-corrected chi connectivity index (χ0v) is 8.94. The molecular weight excluding hydrogens is 229 g/mol. The Morgan fingerprint density at radius 2 is 1.94 bits per heavy atom. The number of hydrogen-bond acceptors (Lipinski definition) is 3. The number of carbonyl (C=O) groups is 2. The lowest BCUT2D eigenvalue weighted by Crippen LogP contribution is -2.06. The molecule has 0 saturated carbocycles. The maximum absolute atomic E-state index is 13.0. The lowest BCUT2D eigenvalue weighted by molar-refractivity contribution is -0.137. The predicted molar refractivity (Wildman–Crippen MR) is 58.7 cm³/mol. The van der Waals surface area contributed by atoms with E-state index < -0.39 is 17.8 Å². The zero-order chi connectivity index (χ0) is 12.8. The molecular formula is C11H12FNO4. The lowest BCUT2D eigenvalue weighted by atomic mass is 10.2. The van der Waals surface area contributed by atoms with E-state index in [1.807, 2.05) is 0 Å². The van der Waals surface area contributed by atoms with Gasteiger partial charge in [0.25, 0.3) is 0 Å². The summed E-state index contributed by atoms with van der Waals surface area (Å²) in [5, 5.41) is 19.9. The van der Waals surface area contributed by atoms with Gasteiger partial charge in [0.15, 0.2) is 0 Å². The van der Waals surface area contributed by atoms with Gasteiger partial charge >= 0.3 is 11.9 Å². The van der Waals surface area contributed by atoms with Crippen LogP contribution in [-0.4, -0.2) is 28.7 Å². The zero-order valence-electron chi connectivity index (χ0n) is 8.94. The van der Waals surface area contributed by atoms with Crippen LogP contribution in [-0.2, 0) is 4.79 Å². The van der Waals surface area contributed by atoms with E-state index in [-0.39, 0.29) is 12.0 Å². The number of carboxylic acid groups (broad SMARTS) is 2. The minimum Gasteiger partial charge on any atom is -0.481 e. The van der Waals surface area contributed by atoms with E-state index in [4.69, 9.17) is 10.2 Å². The Balaban J connectivity index is 2.59. The normalized spacial score (nSPS) is 9.94. The molecule has 92 valence electrons. The minimum atomic E-state index is -1.21. The molecule has 1 aromatic rings. The number of rotatable bonds is 6. The number of nitrogens with one attached hydrogen (secondary N) is 1. The summed E-state index contributed by atoms with van der Waals surface area (Å²) in [6.07, 6.45) is 0.391. The summed E-state index contributed by atoms with van der Waals surface area (Å²) in [6, 6.07) is 3.38. The number of aliphatic carboxylic acids is 1. The quantitative estimate of drug-likeness (QED) is 0.661. The van der Waals surface area contributed by atoms with Crippen molar-refractivity contribution in [2.45, 2.75) is 12.8 Å². The van der Waals surface area contributed by atoms with E-state index in [2.05, 4.69) is 5.32 Å². The van der Waals surface area contributed by atoms with Crippen LogP contribution in [0.1, 0.15) is 23.2 Å². The van der Waals surface area contributed by atoms with E-state index >= 15 is 0 Å². The van der Waals surface area contributed by atoms with Crippen LogP contribution in [0, 0.1) is 5.82 Å². The number of anilines is 1. The monoisotopic (exact) mass is 241 g/mol. The number of benzene rings is 1. The summed E-state index contributed by atoms with van der Waals surface area (Å²) in [5.74, 6) is -2.76. The first-order valence-corrected chi connectivity index (χ1v) is 4.98. The van der Waals surface area contributed by atoms with Crippen LogP contribution in [0.15, 0.2) is 18.2 Å². The molecule has 0 fully saturated rings. The summed E-state index contributed by atoms with van der Waals surface area (Å²) >= 11 is 0. The highest BCUT2D eigenvalue weighted by Crippen LogP contribution is 2.14. The van der Waals surface area contributed by atoms with Crippen molar-refractivity contribution < 1.29 is 24.2 Å². The predicted octanol–water partition coefficient (Wildman–Crippen LogP) is 1.80. The van der Waals surface area contributed by atoms with Crippen molar-refractivity contribution in [2.24, 2.45) is 0 Å². The largest absolute Gasteiger partial charge is 0.481 e. The molecule has 0 spiro atoms. The SMILES string of the molecule is O=C(O)CCCNc1cc(F)cc(C(=O)O)c1. The summed E-state index contributed by atoms with van der Waals surface area (Å²) in [5.41, 5.74) is 0.179. The second kappa shape index (κ2) is 5.83. The van der Waals surface area contributed by atoms with Crippen molar-refractivity contribution in [3.63, 3.8) is 0 Å². The first kappa shape index (κ1) is 13.0. The molecule has 0 amide bonds. The van der Waals surface area contributed by atoms with E-state index in [0.717, 1.165) is 12.1 Å². The van der Waals surface area contributed by atoms with Gasteiger partial charge in [-0.1, -0.05) is 0 Å². The number of carboxylic acids is 2. The van der Waals surface area contributed by atoms with Crippen molar-refractivity contribution in [3.05, 3.63) is 29.6 Å². The van der Waals surface area contributed by atoms with Crippen LogP contribution in [0.2, 0.25) is 0 Å². The van der Waals surface area contributed by atoms with Crippen molar-refractivity contribution in [1.82, 2.24) is 0 Å². The van der Waals surface area contributed by atoms with E-state index in [0.29, 0.717) is 18.7 Å². The molecule has 0 heterocycles. The van der Waals surface area contributed by atoms with Crippen molar-refractivity contribution >= 4 is 17.6 Å². The van der Waals surface area contributed by atoms with Gasteiger partial charge in [-0.2, -0.15) is 0 Å². The fourth-order valence-corrected chi connectivity index (χ4v) is 1.29. The Morgan fingerprint density at radius 1 is 1.24 bits per heavy atom. The summed E-state index contributed by atoms with van der Waals surface area (Å²) in [7, 11) is 0. The standard InChI is InChI=1S/C11H12FNO4/c12-8-4-7(11(16)17)5-9(6-8)13-3-1-2-10(14)15/h4-6,13H,1-3H2,(H,14,15)(H,16,17). The van der Waals surface area contributed by atoms with Gasteiger partial charge in [-0.25, -0.2) is 9.18 Å². The first-order valence-electron chi connectivity index (χ1n) is 4.98. The van der Waals surface area contributed by atoms with Gasteiger partial charge in [0, 0.05) is 18.7 Å². The van der Waals surface area contributed by atoms with Crippen LogP contribution in [0.25, 0.3) is 0 Å². The number of halogens is 1. The van der Waals surface area contributed by atoms with Gasteiger partial charge in [0.1, 0.15) is 5.82 Å². The van der Waals surface area contributed by atoms with E-state index in [1.165, 1.54) is 6.07 Å². The van der Waals surface area contributed by atoms with Crippen LogP contribution in [0.5, 0.6) is 0 Å². The molecule has 0 saturated heterocycles. The Kier molecular flexibility index (Phi) is 4.45. The maximum Gasteiger partial charge on any atom is 0.335 e. The summed E-state index contributed by atoms with van der Waals surface area (Å²) in [4.78, 5) is 20.9. The van der Waals surface area contributed by atoms with Gasteiger partial charge in [-0.3, -0.25) is 4.79 Å². The van der Waals surface area contributed by atoms with Crippen molar-refractivity contribution in [1.29, 1.82) is 0 Å². The van der Waals surface area contributed by atoms with Gasteiger partial charge < -0.3 is 15.5 Å². The fraction of sp³-hybridized carbons (Fsp3) is 0.273. The Hall–Kier alpha value is -2.11. The molecule has 1 rings (SSSR count). The molecule has 3 N–H and O–H groups in total. The Morgan fingerprint density at radius 3 is 2.53 bits per heavy atom. The maximum atomic E-state index is 13.0. The van der Waals surface area contributed by atoms with E-state index in [1.54, 1.807) is 0 Å². The Bertz CT molecular complexity index is 433. The lowest BCUT2D eigenvalue weighted by Gasteiger charge is -2.06. The van der Waals surface area contributed by atoms with Crippen LogP contribution in [0.3, 0.4) is 0 Å². The molecule has 0 aromatic heterocycles. The van der Waals surface area contributed by atoms with Gasteiger partial charge in [0.05, 0.1) is 5.56 Å². The molecule has 1 aromatic carbocycles. The van der Waals surface area contributed by atoms with Gasteiger partial charge in [-0.15, -0.1) is 0 Å². The van der Waals surface area contributed by atoms with Crippen molar-refractivity contribution in [2.75, 3.05) is 11.9 Å². The molecule has 0 aliphatic heterocycles. The molecule has 0 radical (unpaired) electrons. The van der Waals surface area contributed by atoms with Gasteiger partial charge in [-0.05, 0) is 24.6 Å².